The Morgan fingerprint density at radius 1 is 1.15 bits per heavy atom. The maximum atomic E-state index is 13.4. The number of hydrogen-bond acceptors (Lipinski definition) is 4. The number of rotatable bonds is 8. The third-order valence-electron chi connectivity index (χ3n) is 3.36. The van der Waals surface area contributed by atoms with Crippen LogP contribution in [0.5, 0.6) is 0 Å². The Hall–Kier alpha value is -2.60. The van der Waals surface area contributed by atoms with Crippen LogP contribution in [0, 0.1) is 12.7 Å². The van der Waals surface area contributed by atoms with E-state index in [1.807, 2.05) is 31.2 Å². The van der Waals surface area contributed by atoms with Gasteiger partial charge in [0.15, 0.2) is 6.61 Å². The number of carbonyl (C=O) groups is 2. The van der Waals surface area contributed by atoms with Crippen LogP contribution in [0.4, 0.5) is 4.39 Å². The highest BCUT2D eigenvalue weighted by Crippen LogP contribution is 2.17. The molecule has 1 N–H and O–H groups in total. The minimum Gasteiger partial charge on any atom is -0.452 e. The predicted octanol–water partition coefficient (Wildman–Crippen LogP) is 3.60. The molecule has 0 heterocycles. The molecule has 0 aromatic heterocycles. The van der Waals surface area contributed by atoms with Crippen molar-refractivity contribution in [3.8, 4) is 0 Å². The molecule has 0 saturated heterocycles. The maximum Gasteiger partial charge on any atom is 0.331 e. The Labute approximate surface area is 156 Å². The molecule has 2 aromatic carbocycles. The summed E-state index contributed by atoms with van der Waals surface area (Å²) in [6.07, 6.45) is 2.41. The van der Waals surface area contributed by atoms with Gasteiger partial charge in [-0.1, -0.05) is 35.9 Å². The Bertz CT molecular complexity index is 775. The van der Waals surface area contributed by atoms with Crippen molar-refractivity contribution >= 4 is 29.7 Å². The number of halogens is 1. The Kier molecular flexibility index (Phi) is 7.89. The third-order valence-corrected chi connectivity index (χ3v) is 4.38. The molecule has 136 valence electrons. The van der Waals surface area contributed by atoms with E-state index < -0.39 is 11.8 Å². The molecule has 26 heavy (non-hydrogen) atoms. The van der Waals surface area contributed by atoms with Crippen LogP contribution in [-0.4, -0.2) is 30.8 Å². The van der Waals surface area contributed by atoms with Gasteiger partial charge in [-0.05, 0) is 31.2 Å². The lowest BCUT2D eigenvalue weighted by Crippen LogP contribution is -2.30. The van der Waals surface area contributed by atoms with E-state index in [1.165, 1.54) is 23.8 Å². The van der Waals surface area contributed by atoms with Crippen molar-refractivity contribution in [2.24, 2.45) is 0 Å². The first-order valence-corrected chi connectivity index (χ1v) is 9.08. The molecular formula is C20H20FNO3S. The van der Waals surface area contributed by atoms with Gasteiger partial charge in [-0.3, -0.25) is 4.79 Å². The van der Waals surface area contributed by atoms with Crippen LogP contribution in [0.15, 0.2) is 59.5 Å². The van der Waals surface area contributed by atoms with Crippen LogP contribution >= 0.6 is 11.8 Å². The molecule has 0 bridgehead atoms. The van der Waals surface area contributed by atoms with E-state index >= 15 is 0 Å². The number of amides is 1. The van der Waals surface area contributed by atoms with Crippen LogP contribution in [0.25, 0.3) is 6.08 Å². The van der Waals surface area contributed by atoms with Crippen LogP contribution in [0.3, 0.4) is 0 Å². The number of benzene rings is 2. The molecule has 0 fully saturated rings. The van der Waals surface area contributed by atoms with Gasteiger partial charge >= 0.3 is 5.97 Å². The minimum atomic E-state index is -0.697. The summed E-state index contributed by atoms with van der Waals surface area (Å²) in [5.41, 5.74) is 1.48. The van der Waals surface area contributed by atoms with Crippen molar-refractivity contribution < 1.29 is 18.7 Å². The zero-order valence-corrected chi connectivity index (χ0v) is 15.2. The summed E-state index contributed by atoms with van der Waals surface area (Å²) in [6.45, 7) is 2.14. The van der Waals surface area contributed by atoms with Gasteiger partial charge in [0.05, 0.1) is 0 Å². The highest BCUT2D eigenvalue weighted by Gasteiger charge is 2.05. The fourth-order valence-electron chi connectivity index (χ4n) is 2.00. The second-order valence-corrected chi connectivity index (χ2v) is 6.64. The fraction of sp³-hybridized carbons (Fsp3) is 0.200. The molecule has 1 amide bonds. The summed E-state index contributed by atoms with van der Waals surface area (Å²) in [6, 6.07) is 14.2. The molecule has 0 unspecified atom stereocenters. The number of esters is 1. The highest BCUT2D eigenvalue weighted by molar-refractivity contribution is 7.99. The van der Waals surface area contributed by atoms with Crippen molar-refractivity contribution in [3.63, 3.8) is 0 Å². The van der Waals surface area contributed by atoms with Crippen molar-refractivity contribution in [1.82, 2.24) is 5.32 Å². The van der Waals surface area contributed by atoms with E-state index in [4.69, 9.17) is 4.74 Å². The zero-order valence-electron chi connectivity index (χ0n) is 14.4. The second-order valence-electron chi connectivity index (χ2n) is 5.47. The van der Waals surface area contributed by atoms with Crippen LogP contribution < -0.4 is 5.32 Å². The van der Waals surface area contributed by atoms with Gasteiger partial charge in [0, 0.05) is 28.8 Å². The standard InChI is InChI=1S/C20H20FNO3S/c1-15-6-9-17(10-7-15)26-13-12-22-19(23)14-25-20(24)11-8-16-4-2-3-5-18(16)21/h2-11H,12-14H2,1H3,(H,22,23)/b11-8+. The Morgan fingerprint density at radius 3 is 2.62 bits per heavy atom. The second kappa shape index (κ2) is 10.4. The van der Waals surface area contributed by atoms with Gasteiger partial charge in [-0.15, -0.1) is 11.8 Å². The number of carbonyl (C=O) groups excluding carboxylic acids is 2. The summed E-state index contributed by atoms with van der Waals surface area (Å²) in [4.78, 5) is 24.3. The molecular weight excluding hydrogens is 353 g/mol. The topological polar surface area (TPSA) is 55.4 Å². The molecule has 0 atom stereocenters. The Balaban J connectivity index is 1.62. The van der Waals surface area contributed by atoms with Crippen LogP contribution in [-0.2, 0) is 14.3 Å². The maximum absolute atomic E-state index is 13.4. The summed E-state index contributed by atoms with van der Waals surface area (Å²) >= 11 is 1.63. The van der Waals surface area contributed by atoms with Crippen molar-refractivity contribution in [3.05, 3.63) is 71.6 Å². The van der Waals surface area contributed by atoms with E-state index in [9.17, 15) is 14.0 Å². The van der Waals surface area contributed by atoms with E-state index in [-0.39, 0.29) is 18.1 Å². The molecule has 0 saturated carbocycles. The average molecular weight is 373 g/mol. The fourth-order valence-corrected chi connectivity index (χ4v) is 2.77. The van der Waals surface area contributed by atoms with E-state index in [1.54, 1.807) is 23.9 Å². The van der Waals surface area contributed by atoms with Crippen molar-refractivity contribution in [2.45, 2.75) is 11.8 Å². The van der Waals surface area contributed by atoms with Gasteiger partial charge < -0.3 is 10.1 Å². The van der Waals surface area contributed by atoms with E-state index in [0.717, 1.165) is 16.7 Å². The molecule has 0 spiro atoms. The lowest BCUT2D eigenvalue weighted by Gasteiger charge is -2.06. The van der Waals surface area contributed by atoms with Gasteiger partial charge in [-0.2, -0.15) is 0 Å². The average Bonchev–Trinajstić information content (AvgIpc) is 2.64. The van der Waals surface area contributed by atoms with Crippen LogP contribution in [0.2, 0.25) is 0 Å². The number of ether oxygens (including phenoxy) is 1. The van der Waals surface area contributed by atoms with Gasteiger partial charge in [-0.25, -0.2) is 9.18 Å². The molecule has 2 aromatic rings. The summed E-state index contributed by atoms with van der Waals surface area (Å²) in [5, 5.41) is 2.68. The van der Waals surface area contributed by atoms with Gasteiger partial charge in [0.1, 0.15) is 5.82 Å². The quantitative estimate of drug-likeness (QED) is 0.332. The SMILES string of the molecule is Cc1ccc(SCCNC(=O)COC(=O)/C=C/c2ccccc2F)cc1. The largest absolute Gasteiger partial charge is 0.452 e. The number of aryl methyl sites for hydroxylation is 1. The number of nitrogens with one attached hydrogen (secondary N) is 1. The highest BCUT2D eigenvalue weighted by atomic mass is 32.2. The van der Waals surface area contributed by atoms with Crippen molar-refractivity contribution in [1.29, 1.82) is 0 Å². The number of thioether (sulfide) groups is 1. The van der Waals surface area contributed by atoms with E-state index in [0.29, 0.717) is 6.54 Å². The molecule has 0 radical (unpaired) electrons. The molecule has 0 aliphatic rings. The predicted molar refractivity (Wildman–Crippen MR) is 101 cm³/mol. The first kappa shape index (κ1) is 19.7. The molecule has 6 heteroatoms. The molecule has 4 nitrogen and oxygen atoms in total. The zero-order chi connectivity index (χ0) is 18.8. The summed E-state index contributed by atoms with van der Waals surface area (Å²) in [7, 11) is 0. The van der Waals surface area contributed by atoms with Crippen LogP contribution in [0.1, 0.15) is 11.1 Å². The molecule has 0 aliphatic carbocycles. The lowest BCUT2D eigenvalue weighted by molar-refractivity contribution is -0.143. The smallest absolute Gasteiger partial charge is 0.331 e. The summed E-state index contributed by atoms with van der Waals surface area (Å²) < 4.78 is 18.2. The minimum absolute atomic E-state index is 0.280. The van der Waals surface area contributed by atoms with E-state index in [2.05, 4.69) is 5.32 Å². The number of hydrogen-bond donors (Lipinski definition) is 1. The lowest BCUT2D eigenvalue weighted by atomic mass is 10.2. The third kappa shape index (κ3) is 7.11. The normalized spacial score (nSPS) is 10.7. The summed E-state index contributed by atoms with van der Waals surface area (Å²) in [5.74, 6) is -0.782. The first-order valence-electron chi connectivity index (χ1n) is 8.10. The molecule has 2 rings (SSSR count). The van der Waals surface area contributed by atoms with Gasteiger partial charge in [0.25, 0.3) is 5.91 Å². The molecule has 0 aliphatic heterocycles. The first-order chi connectivity index (χ1) is 12.5. The van der Waals surface area contributed by atoms with Gasteiger partial charge in [0.2, 0.25) is 0 Å². The Morgan fingerprint density at radius 2 is 1.88 bits per heavy atom. The van der Waals surface area contributed by atoms with Crippen molar-refractivity contribution in [2.75, 3.05) is 18.9 Å². The monoisotopic (exact) mass is 373 g/mol.